The number of unbranched alkanes of at least 4 members (excludes halogenated alkanes) is 3. The molecule has 3 nitrogen and oxygen atoms in total. The smallest absolute Gasteiger partial charge is 0.231 e. The van der Waals surface area contributed by atoms with Crippen LogP contribution in [0, 0.1) is 5.82 Å². The molecule has 0 spiro atoms. The van der Waals surface area contributed by atoms with Crippen LogP contribution in [0.4, 0.5) is 4.39 Å². The monoisotopic (exact) mass is 379 g/mol. The summed E-state index contributed by atoms with van der Waals surface area (Å²) in [6.45, 7) is 3.31. The topological polar surface area (TPSA) is 30.8 Å². The van der Waals surface area contributed by atoms with Crippen LogP contribution in [0.25, 0.3) is 6.08 Å². The van der Waals surface area contributed by atoms with Gasteiger partial charge in [-0.2, -0.15) is 0 Å². The summed E-state index contributed by atoms with van der Waals surface area (Å²) in [5, 5.41) is 0. The molecule has 0 aliphatic carbocycles. The second kappa shape index (κ2) is 8.59. The van der Waals surface area contributed by atoms with Crippen molar-refractivity contribution in [2.75, 3.05) is 13.3 Å². The Morgan fingerprint density at radius 2 is 1.82 bits per heavy atom. The van der Waals surface area contributed by atoms with E-state index in [1.54, 1.807) is 12.1 Å². The molecule has 0 N–H and O–H groups in total. The molecule has 1 unspecified atom stereocenters. The minimum Gasteiger partial charge on any atom is -0.454 e. The SMILES string of the molecule is CCCCCCC1CN=C(C=Cc2ccc(F)cc2)c2cc3c(cc21)OCO3. The first kappa shape index (κ1) is 18.7. The average molecular weight is 379 g/mol. The minimum atomic E-state index is -0.226. The lowest BCUT2D eigenvalue weighted by atomic mass is 9.85. The zero-order valence-electron chi connectivity index (χ0n) is 16.3. The third-order valence-corrected chi connectivity index (χ3v) is 5.45. The fraction of sp³-hybridized carbons (Fsp3) is 0.375. The molecule has 0 amide bonds. The summed E-state index contributed by atoms with van der Waals surface area (Å²) in [5.41, 5.74) is 4.32. The van der Waals surface area contributed by atoms with Gasteiger partial charge >= 0.3 is 0 Å². The molecular formula is C24H26FNO2. The summed E-state index contributed by atoms with van der Waals surface area (Å²) in [4.78, 5) is 4.87. The zero-order chi connectivity index (χ0) is 19.3. The summed E-state index contributed by atoms with van der Waals surface area (Å²) < 4.78 is 24.3. The van der Waals surface area contributed by atoms with E-state index in [1.165, 1.54) is 43.4 Å². The summed E-state index contributed by atoms with van der Waals surface area (Å²) >= 11 is 0. The van der Waals surface area contributed by atoms with Gasteiger partial charge in [-0.05, 0) is 47.9 Å². The van der Waals surface area contributed by atoms with Crippen molar-refractivity contribution < 1.29 is 13.9 Å². The fourth-order valence-electron chi connectivity index (χ4n) is 3.87. The van der Waals surface area contributed by atoms with Gasteiger partial charge in [0.15, 0.2) is 11.5 Å². The van der Waals surface area contributed by atoms with Crippen LogP contribution in [0.15, 0.2) is 47.5 Å². The molecule has 0 aromatic heterocycles. The quantitative estimate of drug-likeness (QED) is 0.542. The Hall–Kier alpha value is -2.62. The molecule has 146 valence electrons. The van der Waals surface area contributed by atoms with Crippen molar-refractivity contribution in [2.45, 2.75) is 44.9 Å². The number of aliphatic imine (C=N–C) groups is 1. The van der Waals surface area contributed by atoms with Gasteiger partial charge in [0.2, 0.25) is 6.79 Å². The highest BCUT2D eigenvalue weighted by atomic mass is 19.1. The number of benzene rings is 2. The number of allylic oxidation sites excluding steroid dienone is 1. The highest BCUT2D eigenvalue weighted by Crippen LogP contribution is 2.40. The Morgan fingerprint density at radius 1 is 1.04 bits per heavy atom. The van der Waals surface area contributed by atoms with E-state index in [0.29, 0.717) is 5.92 Å². The summed E-state index contributed by atoms with van der Waals surface area (Å²) in [7, 11) is 0. The van der Waals surface area contributed by atoms with Crippen molar-refractivity contribution in [3.05, 3.63) is 65.0 Å². The maximum atomic E-state index is 13.1. The van der Waals surface area contributed by atoms with Crippen LogP contribution in [0.5, 0.6) is 11.5 Å². The Morgan fingerprint density at radius 3 is 2.61 bits per heavy atom. The fourth-order valence-corrected chi connectivity index (χ4v) is 3.87. The Bertz CT molecular complexity index is 886. The van der Waals surface area contributed by atoms with Gasteiger partial charge in [0.1, 0.15) is 5.82 Å². The first-order valence-electron chi connectivity index (χ1n) is 10.2. The number of halogens is 1. The van der Waals surface area contributed by atoms with Gasteiger partial charge in [0.05, 0.1) is 5.71 Å². The molecule has 4 heteroatoms. The lowest BCUT2D eigenvalue weighted by Crippen LogP contribution is -2.16. The predicted molar refractivity (Wildman–Crippen MR) is 111 cm³/mol. The molecule has 0 bridgehead atoms. The molecule has 0 saturated carbocycles. The van der Waals surface area contributed by atoms with Gasteiger partial charge in [-0.1, -0.05) is 50.8 Å². The average Bonchev–Trinajstić information content (AvgIpc) is 3.17. The van der Waals surface area contributed by atoms with Crippen molar-refractivity contribution in [2.24, 2.45) is 4.99 Å². The molecule has 2 aromatic rings. The maximum Gasteiger partial charge on any atom is 0.231 e. The molecule has 2 heterocycles. The summed E-state index contributed by atoms with van der Waals surface area (Å²) in [6, 6.07) is 10.7. The highest BCUT2D eigenvalue weighted by Gasteiger charge is 2.26. The van der Waals surface area contributed by atoms with E-state index in [-0.39, 0.29) is 12.6 Å². The first-order chi connectivity index (χ1) is 13.7. The second-order valence-electron chi connectivity index (χ2n) is 7.45. The Balaban J connectivity index is 1.59. The van der Waals surface area contributed by atoms with E-state index < -0.39 is 0 Å². The van der Waals surface area contributed by atoms with E-state index in [4.69, 9.17) is 14.5 Å². The molecule has 0 fully saturated rings. The second-order valence-corrected chi connectivity index (χ2v) is 7.45. The minimum absolute atomic E-state index is 0.226. The van der Waals surface area contributed by atoms with Gasteiger partial charge in [-0.3, -0.25) is 4.99 Å². The van der Waals surface area contributed by atoms with Crippen LogP contribution in [-0.2, 0) is 0 Å². The Labute approximate surface area is 165 Å². The normalized spacial score (nSPS) is 17.6. The van der Waals surface area contributed by atoms with Crippen molar-refractivity contribution in [3.63, 3.8) is 0 Å². The molecule has 1 atom stereocenters. The molecule has 2 aromatic carbocycles. The van der Waals surface area contributed by atoms with E-state index in [1.807, 2.05) is 12.2 Å². The molecule has 4 rings (SSSR count). The van der Waals surface area contributed by atoms with E-state index in [2.05, 4.69) is 19.1 Å². The number of ether oxygens (including phenoxy) is 2. The van der Waals surface area contributed by atoms with Crippen molar-refractivity contribution in [3.8, 4) is 11.5 Å². The third kappa shape index (κ3) is 4.11. The third-order valence-electron chi connectivity index (χ3n) is 5.45. The van der Waals surface area contributed by atoms with Crippen LogP contribution >= 0.6 is 0 Å². The molecule has 28 heavy (non-hydrogen) atoms. The number of fused-ring (bicyclic) bond motifs is 2. The number of nitrogens with zero attached hydrogens (tertiary/aromatic N) is 1. The summed E-state index contributed by atoms with van der Waals surface area (Å²) in [5.74, 6) is 1.81. The van der Waals surface area contributed by atoms with E-state index in [9.17, 15) is 4.39 Å². The van der Waals surface area contributed by atoms with Crippen LogP contribution in [0.2, 0.25) is 0 Å². The largest absolute Gasteiger partial charge is 0.454 e. The van der Waals surface area contributed by atoms with Crippen LogP contribution in [-0.4, -0.2) is 19.0 Å². The number of hydrogen-bond donors (Lipinski definition) is 0. The number of rotatable bonds is 7. The summed E-state index contributed by atoms with van der Waals surface area (Å²) in [6.07, 6.45) is 10.2. The van der Waals surface area contributed by atoms with Crippen LogP contribution in [0.1, 0.15) is 61.6 Å². The standard InChI is InChI=1S/C24H26FNO2/c1-2-3-4-5-6-18-15-26-22(12-9-17-7-10-19(25)11-8-17)21-14-24-23(13-20(18)21)27-16-28-24/h7-14,18H,2-6,15-16H2,1H3. The van der Waals surface area contributed by atoms with E-state index >= 15 is 0 Å². The van der Waals surface area contributed by atoms with E-state index in [0.717, 1.165) is 41.3 Å². The van der Waals surface area contributed by atoms with Gasteiger partial charge < -0.3 is 9.47 Å². The van der Waals surface area contributed by atoms with Crippen molar-refractivity contribution in [1.82, 2.24) is 0 Å². The Kier molecular flexibility index (Phi) is 5.75. The maximum absolute atomic E-state index is 13.1. The lowest BCUT2D eigenvalue weighted by molar-refractivity contribution is 0.174. The molecular weight excluding hydrogens is 353 g/mol. The lowest BCUT2D eigenvalue weighted by Gasteiger charge is -2.24. The van der Waals surface area contributed by atoms with Gasteiger partial charge in [-0.25, -0.2) is 4.39 Å². The molecule has 0 radical (unpaired) electrons. The molecule has 2 aliphatic heterocycles. The number of hydrogen-bond acceptors (Lipinski definition) is 3. The zero-order valence-corrected chi connectivity index (χ0v) is 16.3. The van der Waals surface area contributed by atoms with Crippen molar-refractivity contribution in [1.29, 1.82) is 0 Å². The predicted octanol–water partition coefficient (Wildman–Crippen LogP) is 6.12. The molecule has 2 aliphatic rings. The van der Waals surface area contributed by atoms with Crippen LogP contribution < -0.4 is 9.47 Å². The van der Waals surface area contributed by atoms with Crippen molar-refractivity contribution >= 4 is 11.8 Å². The molecule has 0 saturated heterocycles. The highest BCUT2D eigenvalue weighted by molar-refractivity contribution is 6.12. The van der Waals surface area contributed by atoms with Gasteiger partial charge in [0.25, 0.3) is 0 Å². The van der Waals surface area contributed by atoms with Gasteiger partial charge in [0, 0.05) is 18.0 Å². The first-order valence-corrected chi connectivity index (χ1v) is 10.2. The van der Waals surface area contributed by atoms with Gasteiger partial charge in [-0.15, -0.1) is 0 Å². The van der Waals surface area contributed by atoms with Crippen LogP contribution in [0.3, 0.4) is 0 Å².